The molecule has 0 unspecified atom stereocenters. The summed E-state index contributed by atoms with van der Waals surface area (Å²) in [5.74, 6) is -0.527. The first kappa shape index (κ1) is 18.1. The molecule has 0 aromatic heterocycles. The minimum Gasteiger partial charge on any atom is -0.326 e. The number of carbonyl (C=O) groups is 2. The zero-order valence-corrected chi connectivity index (χ0v) is 14.2. The van der Waals surface area contributed by atoms with Gasteiger partial charge in [0.15, 0.2) is 0 Å². The average Bonchev–Trinajstić information content (AvgIpc) is 2.54. The van der Waals surface area contributed by atoms with Crippen molar-refractivity contribution in [2.45, 2.75) is 20.8 Å². The maximum atomic E-state index is 12.2. The molecule has 2 aromatic rings. The summed E-state index contributed by atoms with van der Waals surface area (Å²) >= 11 is 0. The number of amides is 2. The summed E-state index contributed by atoms with van der Waals surface area (Å²) in [6.45, 7) is 5.42. The Morgan fingerprint density at radius 3 is 2.04 bits per heavy atom. The van der Waals surface area contributed by atoms with Crippen molar-refractivity contribution in [2.24, 2.45) is 5.41 Å². The molecule has 7 nitrogen and oxygen atoms in total. The maximum absolute atomic E-state index is 12.2. The van der Waals surface area contributed by atoms with E-state index in [-0.39, 0.29) is 11.6 Å². The molecule has 7 heteroatoms. The second-order valence-corrected chi connectivity index (χ2v) is 6.54. The van der Waals surface area contributed by atoms with Crippen molar-refractivity contribution in [3.8, 4) is 0 Å². The Hall–Kier alpha value is -3.22. The molecule has 2 aromatic carbocycles. The second-order valence-electron chi connectivity index (χ2n) is 6.54. The fourth-order valence-electron chi connectivity index (χ4n) is 1.93. The third-order valence-corrected chi connectivity index (χ3v) is 3.40. The molecule has 2 N–H and O–H groups in total. The standard InChI is InChI=1S/C18H19N3O4/c1-18(2,3)17(23)20-14-6-4-5-13(11-14)19-16(22)12-7-9-15(10-8-12)21(24)25/h4-11H,1-3H3,(H,19,22)(H,20,23). The first-order chi connectivity index (χ1) is 11.7. The average molecular weight is 341 g/mol. The summed E-state index contributed by atoms with van der Waals surface area (Å²) in [4.78, 5) is 34.4. The number of benzene rings is 2. The third-order valence-electron chi connectivity index (χ3n) is 3.40. The number of nitrogens with zero attached hydrogens (tertiary/aromatic N) is 1. The van der Waals surface area contributed by atoms with Crippen LogP contribution in [0.4, 0.5) is 17.1 Å². The fourth-order valence-corrected chi connectivity index (χ4v) is 1.93. The molecule has 0 fully saturated rings. The van der Waals surface area contributed by atoms with Crippen LogP contribution in [-0.4, -0.2) is 16.7 Å². The highest BCUT2D eigenvalue weighted by Crippen LogP contribution is 2.21. The van der Waals surface area contributed by atoms with E-state index < -0.39 is 16.2 Å². The number of nitro groups is 1. The molecule has 0 spiro atoms. The lowest BCUT2D eigenvalue weighted by Crippen LogP contribution is -2.27. The van der Waals surface area contributed by atoms with E-state index in [9.17, 15) is 19.7 Å². The lowest BCUT2D eigenvalue weighted by atomic mass is 9.95. The first-order valence-electron chi connectivity index (χ1n) is 7.64. The summed E-state index contributed by atoms with van der Waals surface area (Å²) in [6, 6.07) is 12.1. The number of anilines is 2. The van der Waals surface area contributed by atoms with Crippen molar-refractivity contribution in [2.75, 3.05) is 10.6 Å². The van der Waals surface area contributed by atoms with Gasteiger partial charge in [-0.25, -0.2) is 0 Å². The molecular formula is C18H19N3O4. The predicted octanol–water partition coefficient (Wildman–Crippen LogP) is 3.83. The number of non-ortho nitro benzene ring substituents is 1. The normalized spacial score (nSPS) is 10.8. The highest BCUT2D eigenvalue weighted by Gasteiger charge is 2.21. The Labute approximate surface area is 145 Å². The van der Waals surface area contributed by atoms with E-state index in [2.05, 4.69) is 10.6 Å². The van der Waals surface area contributed by atoms with E-state index in [0.717, 1.165) is 0 Å². The third kappa shape index (κ3) is 4.87. The minimum atomic E-state index is -0.530. The van der Waals surface area contributed by atoms with Gasteiger partial charge in [0, 0.05) is 34.5 Å². The van der Waals surface area contributed by atoms with Crippen molar-refractivity contribution in [3.63, 3.8) is 0 Å². The molecule has 2 amide bonds. The van der Waals surface area contributed by atoms with Gasteiger partial charge in [-0.2, -0.15) is 0 Å². The summed E-state index contributed by atoms with van der Waals surface area (Å²) in [7, 11) is 0. The number of carbonyl (C=O) groups excluding carboxylic acids is 2. The predicted molar refractivity (Wildman–Crippen MR) is 95.6 cm³/mol. The Morgan fingerprint density at radius 1 is 0.960 bits per heavy atom. The van der Waals surface area contributed by atoms with E-state index >= 15 is 0 Å². The Bertz CT molecular complexity index is 808. The van der Waals surface area contributed by atoms with Gasteiger partial charge in [0.1, 0.15) is 0 Å². The Morgan fingerprint density at radius 2 is 1.52 bits per heavy atom. The topological polar surface area (TPSA) is 101 Å². The van der Waals surface area contributed by atoms with Gasteiger partial charge >= 0.3 is 0 Å². The molecule has 2 rings (SSSR count). The minimum absolute atomic E-state index is 0.0801. The van der Waals surface area contributed by atoms with Gasteiger partial charge in [-0.05, 0) is 30.3 Å². The van der Waals surface area contributed by atoms with Crippen LogP contribution in [0.1, 0.15) is 31.1 Å². The fraction of sp³-hybridized carbons (Fsp3) is 0.222. The molecule has 0 aliphatic heterocycles. The SMILES string of the molecule is CC(C)(C)C(=O)Nc1cccc(NC(=O)c2ccc([N+](=O)[O-])cc2)c1. The van der Waals surface area contributed by atoms with Crippen LogP contribution in [0.2, 0.25) is 0 Å². The van der Waals surface area contributed by atoms with E-state index in [1.54, 1.807) is 24.3 Å². The van der Waals surface area contributed by atoms with E-state index in [1.165, 1.54) is 24.3 Å². The van der Waals surface area contributed by atoms with Crippen LogP contribution >= 0.6 is 0 Å². The van der Waals surface area contributed by atoms with Crippen molar-refractivity contribution in [3.05, 3.63) is 64.2 Å². The van der Waals surface area contributed by atoms with Gasteiger partial charge in [0.25, 0.3) is 11.6 Å². The van der Waals surface area contributed by atoms with Gasteiger partial charge in [0.05, 0.1) is 4.92 Å². The molecule has 0 radical (unpaired) electrons. The van der Waals surface area contributed by atoms with Gasteiger partial charge in [-0.1, -0.05) is 26.8 Å². The Kier molecular flexibility index (Phi) is 5.17. The molecule has 0 saturated carbocycles. The molecule has 130 valence electrons. The highest BCUT2D eigenvalue weighted by molar-refractivity contribution is 6.05. The Balaban J connectivity index is 2.09. The maximum Gasteiger partial charge on any atom is 0.269 e. The van der Waals surface area contributed by atoms with Crippen molar-refractivity contribution in [1.82, 2.24) is 0 Å². The number of nitrogens with one attached hydrogen (secondary N) is 2. The molecule has 0 saturated heterocycles. The number of hydrogen-bond acceptors (Lipinski definition) is 4. The number of rotatable bonds is 4. The van der Waals surface area contributed by atoms with Crippen LogP contribution < -0.4 is 10.6 Å². The highest BCUT2D eigenvalue weighted by atomic mass is 16.6. The summed E-state index contributed by atoms with van der Waals surface area (Å²) in [5, 5.41) is 16.1. The van der Waals surface area contributed by atoms with E-state index in [4.69, 9.17) is 0 Å². The molecule has 0 aliphatic carbocycles. The van der Waals surface area contributed by atoms with E-state index in [0.29, 0.717) is 16.9 Å². The molecule has 25 heavy (non-hydrogen) atoms. The van der Waals surface area contributed by atoms with Crippen LogP contribution in [0.15, 0.2) is 48.5 Å². The first-order valence-corrected chi connectivity index (χ1v) is 7.64. The van der Waals surface area contributed by atoms with Crippen molar-refractivity contribution >= 4 is 28.9 Å². The quantitative estimate of drug-likeness (QED) is 0.651. The summed E-state index contributed by atoms with van der Waals surface area (Å²) < 4.78 is 0. The summed E-state index contributed by atoms with van der Waals surface area (Å²) in [5.41, 5.74) is 0.771. The monoisotopic (exact) mass is 341 g/mol. The van der Waals surface area contributed by atoms with Gasteiger partial charge in [0.2, 0.25) is 5.91 Å². The largest absolute Gasteiger partial charge is 0.326 e. The lowest BCUT2D eigenvalue weighted by molar-refractivity contribution is -0.384. The van der Waals surface area contributed by atoms with E-state index in [1.807, 2.05) is 20.8 Å². The van der Waals surface area contributed by atoms with Crippen LogP contribution in [0.3, 0.4) is 0 Å². The van der Waals surface area contributed by atoms with Gasteiger partial charge < -0.3 is 10.6 Å². The summed E-state index contributed by atoms with van der Waals surface area (Å²) in [6.07, 6.45) is 0. The van der Waals surface area contributed by atoms with Crippen molar-refractivity contribution in [1.29, 1.82) is 0 Å². The van der Waals surface area contributed by atoms with Gasteiger partial charge in [-0.3, -0.25) is 19.7 Å². The molecule has 0 aliphatic rings. The van der Waals surface area contributed by atoms with Crippen molar-refractivity contribution < 1.29 is 14.5 Å². The smallest absolute Gasteiger partial charge is 0.269 e. The molecule has 0 atom stereocenters. The zero-order chi connectivity index (χ0) is 18.6. The second kappa shape index (κ2) is 7.12. The molecule has 0 bridgehead atoms. The van der Waals surface area contributed by atoms with Crippen LogP contribution in [0.25, 0.3) is 0 Å². The number of hydrogen-bond donors (Lipinski definition) is 2. The van der Waals surface area contributed by atoms with Crippen LogP contribution in [-0.2, 0) is 4.79 Å². The molecular weight excluding hydrogens is 322 g/mol. The van der Waals surface area contributed by atoms with Gasteiger partial charge in [-0.15, -0.1) is 0 Å². The lowest BCUT2D eigenvalue weighted by Gasteiger charge is -2.18. The van der Waals surface area contributed by atoms with Crippen LogP contribution in [0.5, 0.6) is 0 Å². The molecule has 0 heterocycles. The number of nitro benzene ring substituents is 1. The van der Waals surface area contributed by atoms with Crippen LogP contribution in [0, 0.1) is 15.5 Å². The zero-order valence-electron chi connectivity index (χ0n) is 14.2.